The molecular formula is C108H158N2O20Si2. The van der Waals surface area contributed by atoms with Crippen LogP contribution in [0.5, 0.6) is 0 Å². The predicted octanol–water partition coefficient (Wildman–Crippen LogP) is 20.9. The lowest BCUT2D eigenvalue weighted by Crippen LogP contribution is -2.70. The zero-order chi connectivity index (χ0) is 94.1. The highest BCUT2D eigenvalue weighted by Crippen LogP contribution is 2.77. The summed E-state index contributed by atoms with van der Waals surface area (Å²) in [5.41, 5.74) is 2.66. The van der Waals surface area contributed by atoms with Crippen molar-refractivity contribution in [1.82, 2.24) is 10.6 Å². The van der Waals surface area contributed by atoms with Crippen LogP contribution in [-0.2, 0) is 118 Å². The number of amides is 2. The molecule has 0 aromatic heterocycles. The second-order valence-corrected chi connectivity index (χ2v) is 52.4. The summed E-state index contributed by atoms with van der Waals surface area (Å²) in [5.74, 6) is -1.80. The molecule has 132 heavy (non-hydrogen) atoms. The topological polar surface area (TPSA) is 243 Å². The number of benzene rings is 5. The quantitative estimate of drug-likeness (QED) is 0.0143. The molecule has 4 saturated heterocycles. The third-order valence-electron chi connectivity index (χ3n) is 32.8. The smallest absolute Gasteiger partial charge is 0.407 e. The number of carbonyl (C=O) groups excluding carboxylic acids is 3. The Labute approximate surface area is 790 Å². The predicted molar refractivity (Wildman–Crippen MR) is 513 cm³/mol. The number of carbonyl (C=O) groups is 3. The van der Waals surface area contributed by atoms with Crippen molar-refractivity contribution in [1.29, 1.82) is 0 Å². The fraction of sp³-hybridized carbons (Fsp3) is 0.676. The van der Waals surface area contributed by atoms with E-state index < -0.39 is 148 Å². The number of fused-ring (bicyclic) bond motifs is 8. The Morgan fingerprint density at radius 2 is 1.07 bits per heavy atom. The fourth-order valence-electron chi connectivity index (χ4n) is 24.7. The maximum absolute atomic E-state index is 18.0. The first-order valence-corrected chi connectivity index (χ1v) is 55.2. The van der Waals surface area contributed by atoms with Gasteiger partial charge >= 0.3 is 12.1 Å². The molecule has 5 aliphatic carbocycles. The van der Waals surface area contributed by atoms with E-state index in [9.17, 15) is 9.90 Å². The summed E-state index contributed by atoms with van der Waals surface area (Å²) >= 11 is 0. The van der Waals surface area contributed by atoms with Crippen LogP contribution in [0.2, 0.25) is 36.3 Å². The van der Waals surface area contributed by atoms with E-state index in [1.807, 2.05) is 193 Å². The number of hydrogen-bond donors (Lipinski definition) is 3. The van der Waals surface area contributed by atoms with Gasteiger partial charge in [0.1, 0.15) is 54.4 Å². The third kappa shape index (κ3) is 22.4. The lowest BCUT2D eigenvalue weighted by atomic mass is 9.33. The van der Waals surface area contributed by atoms with Crippen LogP contribution in [-0.4, -0.2) is 176 Å². The molecule has 4 heterocycles. The Kier molecular flexibility index (Phi) is 33.5. The van der Waals surface area contributed by atoms with Crippen molar-refractivity contribution >= 4 is 34.6 Å². The molecule has 3 N–H and O–H groups in total. The summed E-state index contributed by atoms with van der Waals surface area (Å²) < 4.78 is 116. The van der Waals surface area contributed by atoms with Crippen molar-refractivity contribution in [3.8, 4) is 0 Å². The van der Waals surface area contributed by atoms with E-state index in [1.54, 1.807) is 0 Å². The zero-order valence-corrected chi connectivity index (χ0v) is 84.5. The lowest BCUT2D eigenvalue weighted by Gasteiger charge is -2.72. The number of allylic oxidation sites excluding steroid dienone is 2. The summed E-state index contributed by atoms with van der Waals surface area (Å²) in [5, 5.41) is 18.4. The first-order chi connectivity index (χ1) is 63.2. The lowest BCUT2D eigenvalue weighted by molar-refractivity contribution is -0.366. The minimum absolute atomic E-state index is 0.0154. The first-order valence-electron chi connectivity index (χ1n) is 50.1. The Bertz CT molecular complexity index is 4510. The molecule has 5 aromatic rings. The van der Waals surface area contributed by atoms with Crippen LogP contribution in [0.1, 0.15) is 236 Å². The molecule has 9 aliphatic rings. The van der Waals surface area contributed by atoms with Gasteiger partial charge < -0.3 is 90.9 Å². The van der Waals surface area contributed by atoms with Gasteiger partial charge in [-0.3, -0.25) is 9.59 Å². The maximum Gasteiger partial charge on any atom is 0.407 e. The van der Waals surface area contributed by atoms with E-state index in [0.29, 0.717) is 51.7 Å². The molecule has 0 spiro atoms. The minimum atomic E-state index is -2.64. The number of esters is 1. The monoisotopic (exact) mass is 1860 g/mol. The normalized spacial score (nSPS) is 34.3. The van der Waals surface area contributed by atoms with Crippen molar-refractivity contribution in [3.05, 3.63) is 191 Å². The second-order valence-electron chi connectivity index (χ2n) is 42.9. The van der Waals surface area contributed by atoms with Gasteiger partial charge in [-0.2, -0.15) is 0 Å². The average Bonchev–Trinajstić information content (AvgIpc) is 0.748. The number of rotatable bonds is 40. The Morgan fingerprint density at radius 1 is 0.538 bits per heavy atom. The fourth-order valence-corrected chi connectivity index (χ4v) is 30.6. The van der Waals surface area contributed by atoms with Gasteiger partial charge in [0.25, 0.3) is 0 Å². The van der Waals surface area contributed by atoms with Crippen molar-refractivity contribution in [2.75, 3.05) is 26.4 Å². The molecule has 17 unspecified atom stereocenters. The molecule has 2 amide bonds. The van der Waals surface area contributed by atoms with Crippen LogP contribution in [0.25, 0.3) is 0 Å². The standard InChI is InChI=1S/C108H158N2O20Si2/c1-19-131(20-2,21-3)129-85-57-58-104(15)83(105(85,16)72-111)56-59-106(17)84(104)55-54-79-80-63-102(11,12)60-61-108(80,86(64-107(79,106)18)130-132(22-4,23-5)24-6)99(113)125-97-94(91(118-68-77-49-37-28-38-50-77)88(81(122-97)70-115-65-74-43-31-25-32-44-74)110-87(112)53-41-30-42-62-109-100(114)128-101(8,9)10)124-98-95-92(126-103(13,14)127-95)89(73(7)121-98)123-96-93(119-69-78-51-39-29-40-52-78)90(117-67-76-47-35-27-36-48-76)82(71-120-96)116-66-75-45-33-26-34-46-75/h25-29,31-40,43-52,54,73,80-86,88-98,111H,19-24,30,41-42,53,55-72H2,1-18H3,(H,109,114)(H,110,112)/t73?,80?,81?,82?,83?,84?,85-,86+,88?,89?,90?,91?,92?,93?,94?,95?,96?,97?,98?,104-,105-,106+,107+,108+/m0/s1. The van der Waals surface area contributed by atoms with Gasteiger partial charge in [-0.25, -0.2) is 4.79 Å². The highest BCUT2D eigenvalue weighted by Gasteiger charge is 2.74. The molecule has 4 saturated carbocycles. The number of aliphatic hydroxyl groups is 1. The molecule has 728 valence electrons. The van der Waals surface area contributed by atoms with Crippen LogP contribution < -0.4 is 10.6 Å². The van der Waals surface area contributed by atoms with Gasteiger partial charge in [-0.05, 0) is 216 Å². The van der Waals surface area contributed by atoms with E-state index >= 15 is 9.59 Å². The molecule has 22 nitrogen and oxygen atoms in total. The van der Waals surface area contributed by atoms with Crippen molar-refractivity contribution in [3.63, 3.8) is 0 Å². The highest BCUT2D eigenvalue weighted by molar-refractivity contribution is 6.74. The van der Waals surface area contributed by atoms with Crippen LogP contribution in [0.15, 0.2) is 163 Å². The van der Waals surface area contributed by atoms with Crippen LogP contribution >= 0.6 is 0 Å². The third-order valence-corrected chi connectivity index (χ3v) is 42.1. The first kappa shape index (κ1) is 102. The molecule has 4 aliphatic heterocycles. The van der Waals surface area contributed by atoms with Crippen molar-refractivity contribution < 1.29 is 94.7 Å². The van der Waals surface area contributed by atoms with E-state index in [4.69, 9.17) is 75.2 Å². The minimum Gasteiger partial charge on any atom is -0.444 e. The number of alkyl carbamates (subject to hydrolysis) is 1. The molecule has 14 rings (SSSR count). The average molecular weight is 1860 g/mol. The maximum atomic E-state index is 18.0. The van der Waals surface area contributed by atoms with Gasteiger partial charge in [-0.1, -0.05) is 253 Å². The number of ether oxygens (including phenoxy) is 14. The number of unbranched alkanes of at least 4 members (excludes halogenated alkanes) is 2. The Morgan fingerprint density at radius 3 is 1.63 bits per heavy atom. The zero-order valence-electron chi connectivity index (χ0n) is 82.5. The summed E-state index contributed by atoms with van der Waals surface area (Å²) in [7, 11) is -4.70. The Balaban J connectivity index is 0.857. The molecule has 0 radical (unpaired) electrons. The van der Waals surface area contributed by atoms with E-state index in [0.717, 1.165) is 103 Å². The van der Waals surface area contributed by atoms with Crippen molar-refractivity contribution in [2.45, 2.75) is 387 Å². The molecule has 24 atom stereocenters. The van der Waals surface area contributed by atoms with Crippen molar-refractivity contribution in [2.24, 2.45) is 50.2 Å². The van der Waals surface area contributed by atoms with Gasteiger partial charge in [0.15, 0.2) is 41.1 Å². The molecule has 24 heteroatoms. The van der Waals surface area contributed by atoms with E-state index in [2.05, 4.69) is 99.8 Å². The van der Waals surface area contributed by atoms with Crippen LogP contribution in [0.4, 0.5) is 4.79 Å². The summed E-state index contributed by atoms with van der Waals surface area (Å²) in [6, 6.07) is 54.6. The summed E-state index contributed by atoms with van der Waals surface area (Å²) in [6.07, 6.45) is -2.92. The number of nitrogens with one attached hydrogen (secondary N) is 2. The molecule has 5 aromatic carbocycles. The largest absolute Gasteiger partial charge is 0.444 e. The molecule has 8 fully saturated rings. The highest BCUT2D eigenvalue weighted by atomic mass is 28.4. The SMILES string of the molecule is CC[Si](CC)(CC)O[C@H]1CC[C@@]2(C)C(CC[C@]3(C)C2CC=C2C4CC(C)(C)CC[C@]4(C(=O)OC4OC(COCc5ccccc5)C(NC(=O)CCCCCNC(=O)OC(C)(C)C)C(OCc5ccccc5)C4OC4OC(C)C(OC5OCC(OCc6ccccc6)C(OCc6ccccc6)C5OCc5ccccc5)C5OC(C)(C)OC45)[C@H](O[Si](CC)(CC)CC)C[C@]23C)[C@]1(C)CO. The number of aliphatic hydroxyl groups excluding tert-OH is 1. The Hall–Kier alpha value is -6.12. The molecule has 0 bridgehead atoms. The van der Waals surface area contributed by atoms with Gasteiger partial charge in [-0.15, -0.1) is 0 Å². The van der Waals surface area contributed by atoms with E-state index in [1.165, 1.54) is 5.57 Å². The van der Waals surface area contributed by atoms with E-state index in [-0.39, 0.29) is 98.7 Å². The van der Waals surface area contributed by atoms with Gasteiger partial charge in [0.2, 0.25) is 12.2 Å². The van der Waals surface area contributed by atoms with Crippen LogP contribution in [0, 0.1) is 50.2 Å². The molecular weight excluding hydrogens is 1700 g/mol. The number of hydrogen-bond acceptors (Lipinski definition) is 20. The van der Waals surface area contributed by atoms with Crippen LogP contribution in [0.3, 0.4) is 0 Å². The van der Waals surface area contributed by atoms with Gasteiger partial charge in [0, 0.05) is 18.4 Å². The van der Waals surface area contributed by atoms with Gasteiger partial charge in [0.05, 0.1) is 82.6 Å². The second kappa shape index (κ2) is 43.5. The summed E-state index contributed by atoms with van der Waals surface area (Å²) in [4.78, 5) is 46.2. The summed E-state index contributed by atoms with van der Waals surface area (Å²) in [6.45, 7) is 41.2.